The number of carbonyl (C=O) groups excluding carboxylic acids is 2. The number of amides is 2. The van der Waals surface area contributed by atoms with Crippen LogP contribution in [0.3, 0.4) is 0 Å². The Morgan fingerprint density at radius 1 is 1.07 bits per heavy atom. The first kappa shape index (κ1) is 17.8. The summed E-state index contributed by atoms with van der Waals surface area (Å²) < 4.78 is 5.47. The molecule has 0 N–H and O–H groups in total. The molecule has 4 rings (SSSR count). The van der Waals surface area contributed by atoms with Crippen LogP contribution in [0.5, 0.6) is 0 Å². The maximum Gasteiger partial charge on any atom is 0.228 e. The van der Waals surface area contributed by atoms with Gasteiger partial charge in [-0.3, -0.25) is 9.59 Å². The number of benzene rings is 1. The molecule has 0 spiro atoms. The van der Waals surface area contributed by atoms with Crippen LogP contribution >= 0.6 is 0 Å². The molecule has 2 fully saturated rings. The van der Waals surface area contributed by atoms with Gasteiger partial charge in [-0.1, -0.05) is 43.2 Å². The third kappa shape index (κ3) is 4.07. The van der Waals surface area contributed by atoms with Gasteiger partial charge in [-0.15, -0.1) is 0 Å². The average molecular weight is 366 g/mol. The van der Waals surface area contributed by atoms with Crippen molar-refractivity contribution in [2.45, 2.75) is 51.2 Å². The molecule has 2 heterocycles. The van der Waals surface area contributed by atoms with E-state index in [1.165, 1.54) is 12.8 Å². The lowest BCUT2D eigenvalue weighted by Gasteiger charge is -2.27. The third-order valence-electron chi connectivity index (χ3n) is 5.73. The molecule has 5 heteroatoms. The molecule has 27 heavy (non-hydrogen) atoms. The second-order valence-electron chi connectivity index (χ2n) is 7.64. The fourth-order valence-electron chi connectivity index (χ4n) is 4.33. The van der Waals surface area contributed by atoms with Crippen molar-refractivity contribution in [2.75, 3.05) is 6.54 Å². The van der Waals surface area contributed by atoms with E-state index in [4.69, 9.17) is 4.42 Å². The zero-order chi connectivity index (χ0) is 18.6. The SMILES string of the molecule is O=C(C1CC(=O)N(C2CCCC2)C1)N(Cc1ccccc1)Cc1ccco1. The molecule has 1 aliphatic carbocycles. The van der Waals surface area contributed by atoms with Gasteiger partial charge in [0, 0.05) is 25.6 Å². The van der Waals surface area contributed by atoms with Crippen molar-refractivity contribution in [1.29, 1.82) is 0 Å². The smallest absolute Gasteiger partial charge is 0.228 e. The summed E-state index contributed by atoms with van der Waals surface area (Å²) in [5, 5.41) is 0. The number of furan rings is 1. The molecule has 0 radical (unpaired) electrons. The lowest BCUT2D eigenvalue weighted by molar-refractivity contribution is -0.137. The molecule has 1 atom stereocenters. The maximum absolute atomic E-state index is 13.3. The first-order valence-corrected chi connectivity index (χ1v) is 9.85. The Morgan fingerprint density at radius 3 is 2.56 bits per heavy atom. The largest absolute Gasteiger partial charge is 0.467 e. The van der Waals surface area contributed by atoms with Gasteiger partial charge in [0.1, 0.15) is 5.76 Å². The first-order chi connectivity index (χ1) is 13.2. The lowest BCUT2D eigenvalue weighted by Crippen LogP contribution is -2.38. The van der Waals surface area contributed by atoms with Gasteiger partial charge in [-0.2, -0.15) is 0 Å². The molecule has 1 saturated carbocycles. The van der Waals surface area contributed by atoms with Crippen molar-refractivity contribution in [3.05, 3.63) is 60.1 Å². The predicted molar refractivity (Wildman–Crippen MR) is 101 cm³/mol. The summed E-state index contributed by atoms with van der Waals surface area (Å²) in [5.41, 5.74) is 1.08. The van der Waals surface area contributed by atoms with E-state index in [1.807, 2.05) is 52.3 Å². The standard InChI is InChI=1S/C22H26N2O3/c25-21-13-18(15-24(21)19-9-4-5-10-19)22(26)23(16-20-11-6-12-27-20)14-17-7-2-1-3-8-17/h1-3,6-8,11-12,18-19H,4-5,9-10,13-16H2. The molecular weight excluding hydrogens is 340 g/mol. The van der Waals surface area contributed by atoms with Gasteiger partial charge in [-0.25, -0.2) is 0 Å². The fourth-order valence-corrected chi connectivity index (χ4v) is 4.33. The molecule has 5 nitrogen and oxygen atoms in total. The van der Waals surface area contributed by atoms with Gasteiger partial charge in [0.25, 0.3) is 0 Å². The van der Waals surface area contributed by atoms with E-state index in [0.717, 1.165) is 24.2 Å². The van der Waals surface area contributed by atoms with Crippen LogP contribution in [0.25, 0.3) is 0 Å². The Bertz CT molecular complexity index is 766. The molecular formula is C22H26N2O3. The number of rotatable bonds is 6. The Hall–Kier alpha value is -2.56. The van der Waals surface area contributed by atoms with E-state index in [-0.39, 0.29) is 17.7 Å². The first-order valence-electron chi connectivity index (χ1n) is 9.85. The summed E-state index contributed by atoms with van der Waals surface area (Å²) in [6, 6.07) is 14.0. The Labute approximate surface area is 159 Å². The van der Waals surface area contributed by atoms with Crippen LogP contribution in [0.2, 0.25) is 0 Å². The molecule has 0 bridgehead atoms. The van der Waals surface area contributed by atoms with Crippen molar-refractivity contribution in [1.82, 2.24) is 9.80 Å². The van der Waals surface area contributed by atoms with Gasteiger partial charge in [0.15, 0.2) is 0 Å². The molecule has 2 aromatic rings. The molecule has 1 unspecified atom stereocenters. The number of likely N-dealkylation sites (tertiary alicyclic amines) is 1. The highest BCUT2D eigenvalue weighted by Gasteiger charge is 2.40. The quantitative estimate of drug-likeness (QED) is 0.785. The van der Waals surface area contributed by atoms with Crippen molar-refractivity contribution in [2.24, 2.45) is 5.92 Å². The van der Waals surface area contributed by atoms with E-state index < -0.39 is 0 Å². The average Bonchev–Trinajstić information content (AvgIpc) is 3.43. The summed E-state index contributed by atoms with van der Waals surface area (Å²) >= 11 is 0. The Balaban J connectivity index is 1.48. The predicted octanol–water partition coefficient (Wildman–Crippen LogP) is 3.60. The zero-order valence-electron chi connectivity index (χ0n) is 15.5. The van der Waals surface area contributed by atoms with Crippen molar-refractivity contribution in [3.8, 4) is 0 Å². The van der Waals surface area contributed by atoms with Gasteiger partial charge in [-0.05, 0) is 30.5 Å². The summed E-state index contributed by atoms with van der Waals surface area (Å²) in [6.45, 7) is 1.51. The van der Waals surface area contributed by atoms with Crippen LogP contribution < -0.4 is 0 Å². The fraction of sp³-hybridized carbons (Fsp3) is 0.455. The van der Waals surface area contributed by atoms with E-state index >= 15 is 0 Å². The highest BCUT2D eigenvalue weighted by molar-refractivity contribution is 5.89. The molecule has 1 saturated heterocycles. The number of hydrogen-bond donors (Lipinski definition) is 0. The van der Waals surface area contributed by atoms with Crippen molar-refractivity contribution < 1.29 is 14.0 Å². The van der Waals surface area contributed by atoms with Crippen molar-refractivity contribution in [3.63, 3.8) is 0 Å². The van der Waals surface area contributed by atoms with E-state index in [1.54, 1.807) is 6.26 Å². The summed E-state index contributed by atoms with van der Waals surface area (Å²) in [6.07, 6.45) is 6.48. The normalized spacial score (nSPS) is 20.4. The number of nitrogens with zero attached hydrogens (tertiary/aromatic N) is 2. The Kier molecular flexibility index (Phi) is 5.28. The minimum atomic E-state index is -0.253. The highest BCUT2D eigenvalue weighted by Crippen LogP contribution is 2.30. The van der Waals surface area contributed by atoms with E-state index in [9.17, 15) is 9.59 Å². The Morgan fingerprint density at radius 2 is 1.85 bits per heavy atom. The van der Waals surface area contributed by atoms with Gasteiger partial charge in [0.05, 0.1) is 18.7 Å². The van der Waals surface area contributed by atoms with Crippen LogP contribution in [0.15, 0.2) is 53.1 Å². The third-order valence-corrected chi connectivity index (χ3v) is 5.73. The van der Waals surface area contributed by atoms with E-state index in [2.05, 4.69) is 0 Å². The number of hydrogen-bond acceptors (Lipinski definition) is 3. The van der Waals surface area contributed by atoms with E-state index in [0.29, 0.717) is 32.1 Å². The molecule has 142 valence electrons. The van der Waals surface area contributed by atoms with Crippen molar-refractivity contribution >= 4 is 11.8 Å². The summed E-state index contributed by atoms with van der Waals surface area (Å²) in [4.78, 5) is 29.6. The maximum atomic E-state index is 13.3. The minimum absolute atomic E-state index is 0.0455. The van der Waals surface area contributed by atoms with Crippen LogP contribution in [-0.4, -0.2) is 34.2 Å². The summed E-state index contributed by atoms with van der Waals surface area (Å²) in [5.74, 6) is 0.690. The monoisotopic (exact) mass is 366 g/mol. The molecule has 1 aromatic carbocycles. The van der Waals surface area contributed by atoms with Gasteiger partial charge >= 0.3 is 0 Å². The van der Waals surface area contributed by atoms with Gasteiger partial charge in [0.2, 0.25) is 11.8 Å². The van der Waals surface area contributed by atoms with Crippen LogP contribution in [0.1, 0.15) is 43.4 Å². The van der Waals surface area contributed by atoms with Crippen LogP contribution in [0.4, 0.5) is 0 Å². The topological polar surface area (TPSA) is 53.8 Å². The molecule has 1 aromatic heterocycles. The molecule has 1 aliphatic heterocycles. The molecule has 2 aliphatic rings. The minimum Gasteiger partial charge on any atom is -0.467 e. The number of carbonyl (C=O) groups is 2. The highest BCUT2D eigenvalue weighted by atomic mass is 16.3. The van der Waals surface area contributed by atoms with Crippen LogP contribution in [-0.2, 0) is 22.7 Å². The molecule has 2 amide bonds. The van der Waals surface area contributed by atoms with Gasteiger partial charge < -0.3 is 14.2 Å². The lowest BCUT2D eigenvalue weighted by atomic mass is 10.1. The van der Waals surface area contributed by atoms with Crippen LogP contribution in [0, 0.1) is 5.92 Å². The second kappa shape index (κ2) is 7.99. The summed E-state index contributed by atoms with van der Waals surface area (Å²) in [7, 11) is 0. The zero-order valence-corrected chi connectivity index (χ0v) is 15.5. The second-order valence-corrected chi connectivity index (χ2v) is 7.64.